The lowest BCUT2D eigenvalue weighted by Gasteiger charge is -2.23. The number of halogens is 1. The summed E-state index contributed by atoms with van der Waals surface area (Å²) in [6, 6.07) is 17.3. The fraction of sp³-hybridized carbons (Fsp3) is 0.333. The fourth-order valence-corrected chi connectivity index (χ4v) is 2.90. The monoisotopic (exact) mass is 347 g/mol. The molecule has 1 N–H and O–H groups in total. The largest absolute Gasteiger partial charge is 0.497 e. The van der Waals surface area contributed by atoms with Gasteiger partial charge in [0.25, 0.3) is 0 Å². The molecule has 2 atom stereocenters. The molecular weight excluding hydrogens is 326 g/mol. The standard InChI is InChI=1S/C18H22BrNO/c1-4-18(15-8-5-9-16(19)11-15)20-13(2)14-7-6-10-17(12-14)21-3/h5-13,18,20H,4H2,1-3H3/t13-,18?/m1/s1. The van der Waals surface area contributed by atoms with Crippen LogP contribution in [0.1, 0.15) is 43.5 Å². The third-order valence-corrected chi connectivity index (χ3v) is 4.20. The number of methoxy groups -OCH3 is 1. The zero-order valence-corrected chi connectivity index (χ0v) is 14.4. The van der Waals surface area contributed by atoms with Crippen molar-refractivity contribution in [1.82, 2.24) is 5.32 Å². The molecule has 0 aromatic heterocycles. The van der Waals surface area contributed by atoms with Crippen LogP contribution in [-0.4, -0.2) is 7.11 Å². The van der Waals surface area contributed by atoms with Crippen LogP contribution in [0.5, 0.6) is 5.75 Å². The Balaban J connectivity index is 2.14. The highest BCUT2D eigenvalue weighted by atomic mass is 79.9. The topological polar surface area (TPSA) is 21.3 Å². The first-order valence-electron chi connectivity index (χ1n) is 7.29. The summed E-state index contributed by atoms with van der Waals surface area (Å²) in [6.07, 6.45) is 1.05. The second-order valence-corrected chi connectivity index (χ2v) is 6.10. The number of ether oxygens (including phenoxy) is 1. The molecule has 0 fully saturated rings. The summed E-state index contributed by atoms with van der Waals surface area (Å²) in [5.41, 5.74) is 2.55. The molecule has 0 saturated carbocycles. The zero-order chi connectivity index (χ0) is 15.2. The average Bonchev–Trinajstić information content (AvgIpc) is 2.52. The van der Waals surface area contributed by atoms with E-state index in [-0.39, 0.29) is 6.04 Å². The zero-order valence-electron chi connectivity index (χ0n) is 12.8. The minimum Gasteiger partial charge on any atom is -0.497 e. The summed E-state index contributed by atoms with van der Waals surface area (Å²) < 4.78 is 6.42. The molecule has 1 unspecified atom stereocenters. The van der Waals surface area contributed by atoms with Crippen LogP contribution in [0.15, 0.2) is 53.0 Å². The van der Waals surface area contributed by atoms with Gasteiger partial charge in [0, 0.05) is 16.6 Å². The van der Waals surface area contributed by atoms with Gasteiger partial charge in [-0.2, -0.15) is 0 Å². The van der Waals surface area contributed by atoms with Gasteiger partial charge in [0.15, 0.2) is 0 Å². The molecular formula is C18H22BrNO. The fourth-order valence-electron chi connectivity index (χ4n) is 2.48. The number of rotatable bonds is 6. The molecule has 0 saturated heterocycles. The molecule has 0 aliphatic rings. The van der Waals surface area contributed by atoms with Crippen LogP contribution >= 0.6 is 15.9 Å². The van der Waals surface area contributed by atoms with Gasteiger partial charge in [-0.25, -0.2) is 0 Å². The number of benzene rings is 2. The van der Waals surface area contributed by atoms with E-state index in [2.05, 4.69) is 71.5 Å². The predicted molar refractivity (Wildman–Crippen MR) is 91.7 cm³/mol. The molecule has 2 aromatic rings. The lowest BCUT2D eigenvalue weighted by molar-refractivity contribution is 0.411. The second kappa shape index (κ2) is 7.62. The van der Waals surface area contributed by atoms with Crippen LogP contribution < -0.4 is 10.1 Å². The third kappa shape index (κ3) is 4.32. The van der Waals surface area contributed by atoms with E-state index in [1.54, 1.807) is 7.11 Å². The second-order valence-electron chi connectivity index (χ2n) is 5.18. The van der Waals surface area contributed by atoms with Crippen molar-refractivity contribution in [2.45, 2.75) is 32.4 Å². The molecule has 0 bridgehead atoms. The van der Waals surface area contributed by atoms with Crippen LogP contribution in [-0.2, 0) is 0 Å². The maximum atomic E-state index is 5.30. The lowest BCUT2D eigenvalue weighted by atomic mass is 10.0. The summed E-state index contributed by atoms with van der Waals surface area (Å²) in [5.74, 6) is 0.900. The summed E-state index contributed by atoms with van der Waals surface area (Å²) in [5, 5.41) is 3.70. The molecule has 0 heterocycles. The maximum absolute atomic E-state index is 5.30. The summed E-state index contributed by atoms with van der Waals surface area (Å²) in [7, 11) is 1.70. The van der Waals surface area contributed by atoms with Gasteiger partial charge in [-0.15, -0.1) is 0 Å². The summed E-state index contributed by atoms with van der Waals surface area (Å²) >= 11 is 3.55. The number of nitrogens with one attached hydrogen (secondary N) is 1. The Morgan fingerprint density at radius 3 is 2.48 bits per heavy atom. The molecule has 2 nitrogen and oxygen atoms in total. The van der Waals surface area contributed by atoms with E-state index >= 15 is 0 Å². The van der Waals surface area contributed by atoms with Gasteiger partial charge in [-0.1, -0.05) is 47.1 Å². The van der Waals surface area contributed by atoms with Crippen molar-refractivity contribution in [3.63, 3.8) is 0 Å². The minimum absolute atomic E-state index is 0.268. The van der Waals surface area contributed by atoms with E-state index in [0.717, 1.165) is 16.6 Å². The molecule has 21 heavy (non-hydrogen) atoms. The molecule has 2 rings (SSSR count). The molecule has 0 aliphatic carbocycles. The minimum atomic E-state index is 0.268. The highest BCUT2D eigenvalue weighted by molar-refractivity contribution is 9.10. The maximum Gasteiger partial charge on any atom is 0.119 e. The van der Waals surface area contributed by atoms with Gasteiger partial charge in [-0.3, -0.25) is 0 Å². The van der Waals surface area contributed by atoms with Crippen LogP contribution in [0.3, 0.4) is 0 Å². The first-order chi connectivity index (χ1) is 10.1. The Morgan fingerprint density at radius 1 is 1.10 bits per heavy atom. The van der Waals surface area contributed by atoms with Gasteiger partial charge in [0.1, 0.15) is 5.75 Å². The first-order valence-corrected chi connectivity index (χ1v) is 8.08. The Bertz CT molecular complexity index is 585. The molecule has 0 amide bonds. The quantitative estimate of drug-likeness (QED) is 0.769. The Kier molecular flexibility index (Phi) is 5.83. The molecule has 112 valence electrons. The van der Waals surface area contributed by atoms with Crippen molar-refractivity contribution < 1.29 is 4.74 Å². The van der Waals surface area contributed by atoms with E-state index in [9.17, 15) is 0 Å². The van der Waals surface area contributed by atoms with Crippen molar-refractivity contribution >= 4 is 15.9 Å². The smallest absolute Gasteiger partial charge is 0.119 e. The molecule has 0 spiro atoms. The Labute approximate surface area is 135 Å². The van der Waals surface area contributed by atoms with E-state index in [1.165, 1.54) is 11.1 Å². The van der Waals surface area contributed by atoms with Crippen molar-refractivity contribution in [2.24, 2.45) is 0 Å². The van der Waals surface area contributed by atoms with Gasteiger partial charge in [0.2, 0.25) is 0 Å². The molecule has 0 aliphatic heterocycles. The predicted octanol–water partition coefficient (Wildman–Crippen LogP) is 5.26. The summed E-state index contributed by atoms with van der Waals surface area (Å²) in [6.45, 7) is 4.40. The van der Waals surface area contributed by atoms with Crippen LogP contribution in [0.2, 0.25) is 0 Å². The first kappa shape index (κ1) is 16.1. The van der Waals surface area contributed by atoms with Crippen LogP contribution in [0, 0.1) is 0 Å². The molecule has 2 aromatic carbocycles. The highest BCUT2D eigenvalue weighted by Gasteiger charge is 2.14. The Hall–Kier alpha value is -1.32. The highest BCUT2D eigenvalue weighted by Crippen LogP contribution is 2.25. The Morgan fingerprint density at radius 2 is 1.81 bits per heavy atom. The van der Waals surface area contributed by atoms with Gasteiger partial charge in [0.05, 0.1) is 7.11 Å². The average molecular weight is 348 g/mol. The summed E-state index contributed by atoms with van der Waals surface area (Å²) in [4.78, 5) is 0. The van der Waals surface area contributed by atoms with Gasteiger partial charge < -0.3 is 10.1 Å². The van der Waals surface area contributed by atoms with Crippen molar-refractivity contribution in [3.8, 4) is 5.75 Å². The van der Waals surface area contributed by atoms with Crippen molar-refractivity contribution in [1.29, 1.82) is 0 Å². The van der Waals surface area contributed by atoms with Crippen LogP contribution in [0.25, 0.3) is 0 Å². The van der Waals surface area contributed by atoms with E-state index in [1.807, 2.05) is 12.1 Å². The van der Waals surface area contributed by atoms with Crippen LogP contribution in [0.4, 0.5) is 0 Å². The SMILES string of the molecule is CCC(N[C@H](C)c1cccc(OC)c1)c1cccc(Br)c1. The normalized spacial score (nSPS) is 13.7. The number of hydrogen-bond donors (Lipinski definition) is 1. The van der Waals surface area contributed by atoms with E-state index in [4.69, 9.17) is 4.74 Å². The molecule has 0 radical (unpaired) electrons. The van der Waals surface area contributed by atoms with Gasteiger partial charge >= 0.3 is 0 Å². The lowest BCUT2D eigenvalue weighted by Crippen LogP contribution is -2.24. The van der Waals surface area contributed by atoms with E-state index in [0.29, 0.717) is 6.04 Å². The molecule has 3 heteroatoms. The third-order valence-electron chi connectivity index (χ3n) is 3.70. The van der Waals surface area contributed by atoms with Crippen molar-refractivity contribution in [3.05, 3.63) is 64.1 Å². The van der Waals surface area contributed by atoms with Gasteiger partial charge in [-0.05, 0) is 48.7 Å². The van der Waals surface area contributed by atoms with Crippen molar-refractivity contribution in [2.75, 3.05) is 7.11 Å². The van der Waals surface area contributed by atoms with E-state index < -0.39 is 0 Å². The number of hydrogen-bond acceptors (Lipinski definition) is 2.